The van der Waals surface area contributed by atoms with Crippen LogP contribution in [0.4, 0.5) is 13.2 Å². The van der Waals surface area contributed by atoms with E-state index in [9.17, 15) is 36.3 Å². The van der Waals surface area contributed by atoms with Crippen LogP contribution in [0.15, 0.2) is 47.4 Å². The summed E-state index contributed by atoms with van der Waals surface area (Å²) in [5.41, 5.74) is 3.49. The lowest BCUT2D eigenvalue weighted by molar-refractivity contribution is -0.137. The molecule has 3 N–H and O–H groups in total. The average molecular weight is 563 g/mol. The Morgan fingerprint density at radius 3 is 2.00 bits per heavy atom. The molecule has 0 heterocycles. The minimum absolute atomic E-state index is 0.0346. The molecule has 0 aliphatic heterocycles. The molecule has 1 atom stereocenters. The van der Waals surface area contributed by atoms with Gasteiger partial charge in [0.25, 0.3) is 5.91 Å². The van der Waals surface area contributed by atoms with Crippen molar-refractivity contribution in [3.05, 3.63) is 98.9 Å². The fourth-order valence-electron chi connectivity index (χ4n) is 4.25. The molecule has 0 aliphatic rings. The number of benzene rings is 3. The molecule has 1 amide bonds. The maximum absolute atomic E-state index is 14.1. The van der Waals surface area contributed by atoms with Crippen molar-refractivity contribution in [1.29, 1.82) is 0 Å². The quantitative estimate of drug-likeness (QED) is 0.312. The van der Waals surface area contributed by atoms with Crippen LogP contribution < -0.4 is 10.0 Å². The average Bonchev–Trinajstić information content (AvgIpc) is 2.84. The third kappa shape index (κ3) is 7.24. The molecule has 0 saturated heterocycles. The van der Waals surface area contributed by atoms with Gasteiger partial charge in [-0.25, -0.2) is 26.3 Å². The Labute approximate surface area is 225 Å². The van der Waals surface area contributed by atoms with Gasteiger partial charge in [-0.1, -0.05) is 18.2 Å². The normalized spacial score (nSPS) is 12.3. The molecule has 0 aromatic heterocycles. The molecule has 3 aromatic rings. The highest BCUT2D eigenvalue weighted by Crippen LogP contribution is 2.26. The number of aliphatic carboxylic acids is 1. The predicted octanol–water partition coefficient (Wildman–Crippen LogP) is 4.63. The number of sulfonamides is 1. The van der Waals surface area contributed by atoms with Gasteiger partial charge in [0.2, 0.25) is 10.0 Å². The van der Waals surface area contributed by atoms with Gasteiger partial charge in [0, 0.05) is 24.2 Å². The number of carboxylic acids is 1. The van der Waals surface area contributed by atoms with Crippen LogP contribution in [-0.4, -0.2) is 31.4 Å². The van der Waals surface area contributed by atoms with Crippen LogP contribution in [0.2, 0.25) is 0 Å². The fourth-order valence-corrected chi connectivity index (χ4v) is 5.88. The SMILES string of the molecule is Cc1cc(C)c(C)c(S(=O)(=O)NCc2ccc(C(=O)NC(CC(=O)O)Cc3cc(F)c(F)cc3F)cc2)c1C. The van der Waals surface area contributed by atoms with E-state index < -0.39 is 51.8 Å². The number of amides is 1. The molecular weight excluding hydrogens is 533 g/mol. The van der Waals surface area contributed by atoms with Gasteiger partial charge in [0.1, 0.15) is 5.82 Å². The van der Waals surface area contributed by atoms with E-state index in [4.69, 9.17) is 0 Å². The molecule has 11 heteroatoms. The topological polar surface area (TPSA) is 113 Å². The van der Waals surface area contributed by atoms with Gasteiger partial charge in [0.05, 0.1) is 11.3 Å². The highest BCUT2D eigenvalue weighted by Gasteiger charge is 2.23. The van der Waals surface area contributed by atoms with Crippen LogP contribution >= 0.6 is 0 Å². The minimum Gasteiger partial charge on any atom is -0.481 e. The number of carboxylic acid groups (broad SMARTS) is 1. The van der Waals surface area contributed by atoms with Crippen molar-refractivity contribution in [3.63, 3.8) is 0 Å². The highest BCUT2D eigenvalue weighted by molar-refractivity contribution is 7.89. The van der Waals surface area contributed by atoms with Crippen molar-refractivity contribution in [1.82, 2.24) is 10.0 Å². The number of rotatable bonds is 10. The molecule has 1 unspecified atom stereocenters. The van der Waals surface area contributed by atoms with Crippen LogP contribution in [0.1, 0.15) is 50.2 Å². The van der Waals surface area contributed by atoms with E-state index in [0.29, 0.717) is 28.8 Å². The van der Waals surface area contributed by atoms with Crippen LogP contribution in [0, 0.1) is 45.1 Å². The second kappa shape index (κ2) is 12.0. The molecule has 208 valence electrons. The number of nitrogens with one attached hydrogen (secondary N) is 2. The van der Waals surface area contributed by atoms with Gasteiger partial charge >= 0.3 is 5.97 Å². The van der Waals surface area contributed by atoms with Gasteiger partial charge in [-0.2, -0.15) is 0 Å². The smallest absolute Gasteiger partial charge is 0.305 e. The summed E-state index contributed by atoms with van der Waals surface area (Å²) in [6, 6.07) is 7.76. The number of carbonyl (C=O) groups excluding carboxylic acids is 1. The molecule has 0 saturated carbocycles. The minimum atomic E-state index is -3.82. The summed E-state index contributed by atoms with van der Waals surface area (Å²) in [5, 5.41) is 11.7. The summed E-state index contributed by atoms with van der Waals surface area (Å²) in [5.74, 6) is -5.67. The second-order valence-electron chi connectivity index (χ2n) is 9.44. The Balaban J connectivity index is 1.71. The molecule has 0 aliphatic carbocycles. The standard InChI is InChI=1S/C28H29F3N2O5S/c1-15-9-16(2)18(4)27(17(15)3)39(37,38)32-14-19-5-7-20(8-6-19)28(36)33-22(12-26(34)35)10-21-11-24(30)25(31)13-23(21)29/h5-9,11,13,22,32H,10,12,14H2,1-4H3,(H,33,36)(H,34,35). The molecule has 0 radical (unpaired) electrons. The Hall–Kier alpha value is -3.70. The number of halogens is 3. The van der Waals surface area contributed by atoms with Gasteiger partial charge in [0.15, 0.2) is 11.6 Å². The molecular formula is C28H29F3N2O5S. The van der Waals surface area contributed by atoms with E-state index in [-0.39, 0.29) is 29.0 Å². The summed E-state index contributed by atoms with van der Waals surface area (Å²) in [4.78, 5) is 24.2. The van der Waals surface area contributed by atoms with E-state index in [0.717, 1.165) is 11.1 Å². The summed E-state index contributed by atoms with van der Waals surface area (Å²) in [7, 11) is -3.82. The van der Waals surface area contributed by atoms with Gasteiger partial charge < -0.3 is 10.4 Å². The molecule has 3 rings (SSSR count). The van der Waals surface area contributed by atoms with Gasteiger partial charge in [-0.15, -0.1) is 0 Å². The molecule has 0 fully saturated rings. The number of hydrogen-bond donors (Lipinski definition) is 3. The molecule has 0 bridgehead atoms. The first kappa shape index (κ1) is 29.9. The van der Waals surface area contributed by atoms with Gasteiger partial charge in [-0.05, 0) is 85.7 Å². The van der Waals surface area contributed by atoms with E-state index in [2.05, 4.69) is 10.0 Å². The third-order valence-corrected chi connectivity index (χ3v) is 8.23. The lowest BCUT2D eigenvalue weighted by atomic mass is 10.0. The first-order valence-electron chi connectivity index (χ1n) is 12.0. The predicted molar refractivity (Wildman–Crippen MR) is 139 cm³/mol. The number of hydrogen-bond acceptors (Lipinski definition) is 4. The summed E-state index contributed by atoms with van der Waals surface area (Å²) >= 11 is 0. The van der Waals surface area contributed by atoms with Crippen LogP contribution in [0.3, 0.4) is 0 Å². The summed E-state index contributed by atoms with van der Waals surface area (Å²) in [6.07, 6.45) is -0.959. The molecule has 39 heavy (non-hydrogen) atoms. The maximum Gasteiger partial charge on any atom is 0.305 e. The van der Waals surface area contributed by atoms with Crippen LogP contribution in [0.25, 0.3) is 0 Å². The van der Waals surface area contributed by atoms with Crippen molar-refractivity contribution in [2.45, 2.75) is 58.0 Å². The highest BCUT2D eigenvalue weighted by atomic mass is 32.2. The van der Waals surface area contributed by atoms with Gasteiger partial charge in [-0.3, -0.25) is 9.59 Å². The van der Waals surface area contributed by atoms with E-state index in [1.54, 1.807) is 26.0 Å². The molecule has 0 spiro atoms. The van der Waals surface area contributed by atoms with Crippen LogP contribution in [0.5, 0.6) is 0 Å². The number of aryl methyl sites for hydroxylation is 2. The molecule has 3 aromatic carbocycles. The molecule has 7 nitrogen and oxygen atoms in total. The largest absolute Gasteiger partial charge is 0.481 e. The Morgan fingerprint density at radius 1 is 0.872 bits per heavy atom. The Bertz CT molecular complexity index is 1500. The third-order valence-electron chi connectivity index (χ3n) is 6.56. The van der Waals surface area contributed by atoms with E-state index in [1.165, 1.54) is 12.1 Å². The van der Waals surface area contributed by atoms with E-state index >= 15 is 0 Å². The second-order valence-corrected chi connectivity index (χ2v) is 11.1. The van der Waals surface area contributed by atoms with Crippen molar-refractivity contribution in [2.75, 3.05) is 0 Å². The zero-order valence-electron chi connectivity index (χ0n) is 21.9. The zero-order valence-corrected chi connectivity index (χ0v) is 22.7. The first-order valence-corrected chi connectivity index (χ1v) is 13.5. The Morgan fingerprint density at radius 2 is 1.44 bits per heavy atom. The monoisotopic (exact) mass is 562 g/mol. The van der Waals surface area contributed by atoms with Crippen molar-refractivity contribution in [2.24, 2.45) is 0 Å². The fraction of sp³-hybridized carbons (Fsp3) is 0.286. The van der Waals surface area contributed by atoms with Crippen molar-refractivity contribution in [3.8, 4) is 0 Å². The van der Waals surface area contributed by atoms with Crippen molar-refractivity contribution < 1.29 is 36.3 Å². The number of carbonyl (C=O) groups is 2. The maximum atomic E-state index is 14.1. The Kier molecular flexibility index (Phi) is 9.18. The van der Waals surface area contributed by atoms with E-state index in [1.807, 2.05) is 19.9 Å². The zero-order chi connectivity index (χ0) is 29.1. The summed E-state index contributed by atoms with van der Waals surface area (Å²) in [6.45, 7) is 7.16. The van der Waals surface area contributed by atoms with Crippen molar-refractivity contribution >= 4 is 21.9 Å². The summed E-state index contributed by atoms with van der Waals surface area (Å²) < 4.78 is 69.5. The van der Waals surface area contributed by atoms with Crippen LogP contribution in [-0.2, 0) is 27.8 Å². The lowest BCUT2D eigenvalue weighted by Gasteiger charge is -2.18. The lowest BCUT2D eigenvalue weighted by Crippen LogP contribution is -2.38. The first-order chi connectivity index (χ1) is 18.2.